The number of allylic oxidation sites excluding steroid dienone is 2. The monoisotopic (exact) mass is 257 g/mol. The summed E-state index contributed by atoms with van der Waals surface area (Å²) in [5.74, 6) is 0.769. The Morgan fingerprint density at radius 1 is 0.765 bits per heavy atom. The maximum Gasteiger partial charge on any atom is 0.458 e. The predicted molar refractivity (Wildman–Crippen MR) is 78.5 cm³/mol. The van der Waals surface area contributed by atoms with Gasteiger partial charge in [0, 0.05) is 10.6 Å². The molecule has 0 saturated carbocycles. The van der Waals surface area contributed by atoms with Crippen LogP contribution in [-0.2, 0) is 15.9 Å². The van der Waals surface area contributed by atoms with Crippen LogP contribution in [0.1, 0.15) is 77.6 Å². The quantitative estimate of drug-likeness (QED) is 0.249. The zero-order valence-electron chi connectivity index (χ0n) is 11.5. The van der Waals surface area contributed by atoms with E-state index in [1.165, 1.54) is 57.8 Å². The van der Waals surface area contributed by atoms with Crippen molar-refractivity contribution in [2.45, 2.75) is 77.6 Å². The summed E-state index contributed by atoms with van der Waals surface area (Å²) in [5.41, 5.74) is 0. The van der Waals surface area contributed by atoms with Crippen molar-refractivity contribution >= 4 is 11.7 Å². The van der Waals surface area contributed by atoms with Crippen LogP contribution >= 0.6 is 0 Å². The Morgan fingerprint density at radius 3 is 1.88 bits per heavy atom. The third-order valence-corrected chi connectivity index (χ3v) is 3.44. The first-order valence-electron chi connectivity index (χ1n) is 7.31. The van der Waals surface area contributed by atoms with E-state index in [0.29, 0.717) is 11.7 Å². The summed E-state index contributed by atoms with van der Waals surface area (Å²) in [7, 11) is 0. The molecule has 0 aliphatic rings. The molecule has 0 bridgehead atoms. The van der Waals surface area contributed by atoms with E-state index < -0.39 is 0 Å². The number of hydrogen-bond acceptors (Lipinski definition) is 1. The van der Waals surface area contributed by atoms with Crippen LogP contribution in [-0.4, -0.2) is 5.75 Å². The first-order valence-corrected chi connectivity index (χ1v) is 8.22. The summed E-state index contributed by atoms with van der Waals surface area (Å²) in [5, 5.41) is 0. The van der Waals surface area contributed by atoms with Gasteiger partial charge in [0.05, 0.1) is 0 Å². The van der Waals surface area contributed by atoms with Gasteiger partial charge in [-0.05, 0) is 25.7 Å². The van der Waals surface area contributed by atoms with Gasteiger partial charge in [0.2, 0.25) is 5.75 Å². The van der Waals surface area contributed by atoms with E-state index in [1.54, 1.807) is 0 Å². The highest BCUT2D eigenvalue weighted by Crippen LogP contribution is 2.08. The van der Waals surface area contributed by atoms with Crippen molar-refractivity contribution in [1.82, 2.24) is 0 Å². The molecule has 0 aromatic rings. The fraction of sp³-hybridized carbons (Fsp3) is 0.867. The van der Waals surface area contributed by atoms with Gasteiger partial charge in [-0.15, -0.1) is 0 Å². The van der Waals surface area contributed by atoms with Crippen molar-refractivity contribution in [3.63, 3.8) is 0 Å². The summed E-state index contributed by atoms with van der Waals surface area (Å²) in [6.07, 6.45) is 19.0. The maximum absolute atomic E-state index is 10.1. The summed E-state index contributed by atoms with van der Waals surface area (Å²) in [6, 6.07) is 0. The minimum atomic E-state index is 0.710. The van der Waals surface area contributed by atoms with E-state index in [2.05, 4.69) is 19.1 Å². The van der Waals surface area contributed by atoms with Crippen LogP contribution in [0.3, 0.4) is 0 Å². The second-order valence-electron chi connectivity index (χ2n) is 4.70. The van der Waals surface area contributed by atoms with Gasteiger partial charge in [-0.1, -0.05) is 57.6 Å². The van der Waals surface area contributed by atoms with E-state index in [-0.39, 0.29) is 0 Å². The lowest BCUT2D eigenvalue weighted by molar-refractivity contribution is 0.592. The smallest absolute Gasteiger partial charge is 0.0885 e. The van der Waals surface area contributed by atoms with Gasteiger partial charge in [0.1, 0.15) is 0 Å². The Labute approximate surface area is 112 Å². The van der Waals surface area contributed by atoms with Gasteiger partial charge in [-0.3, -0.25) is 0 Å². The van der Waals surface area contributed by atoms with Crippen LogP contribution in [0.5, 0.6) is 0 Å². The van der Waals surface area contributed by atoms with Crippen LogP contribution in [0.15, 0.2) is 12.2 Å². The molecule has 17 heavy (non-hydrogen) atoms. The molecule has 0 aliphatic heterocycles. The van der Waals surface area contributed by atoms with E-state index in [9.17, 15) is 4.21 Å². The van der Waals surface area contributed by atoms with Gasteiger partial charge in [-0.25, -0.2) is 0 Å². The third-order valence-electron chi connectivity index (χ3n) is 2.99. The molecule has 0 saturated heterocycles. The summed E-state index contributed by atoms with van der Waals surface area (Å²) < 4.78 is 10.1. The Balaban J connectivity index is 3.01. The number of hydrogen-bond donors (Lipinski definition) is 0. The predicted octanol–water partition coefficient (Wildman–Crippen LogP) is 5.28. The van der Waals surface area contributed by atoms with Gasteiger partial charge in [0.25, 0.3) is 0 Å². The lowest BCUT2D eigenvalue weighted by Crippen LogP contribution is -1.81. The second-order valence-corrected chi connectivity index (χ2v) is 5.34. The maximum atomic E-state index is 10.1. The molecule has 0 fully saturated rings. The molecule has 0 atom stereocenters. The lowest BCUT2D eigenvalue weighted by atomic mass is 10.1. The minimum absolute atomic E-state index is 0.710. The van der Waals surface area contributed by atoms with Gasteiger partial charge in [0.15, 0.2) is 0 Å². The molecule has 2 heteroatoms. The van der Waals surface area contributed by atoms with Crippen LogP contribution in [0, 0.1) is 0 Å². The molecule has 0 spiro atoms. The van der Waals surface area contributed by atoms with Crippen LogP contribution in [0.4, 0.5) is 0 Å². The van der Waals surface area contributed by atoms with Crippen molar-refractivity contribution in [2.24, 2.45) is 0 Å². The van der Waals surface area contributed by atoms with Gasteiger partial charge < -0.3 is 0 Å². The average molecular weight is 257 g/mol. The van der Waals surface area contributed by atoms with E-state index >= 15 is 0 Å². The standard InChI is InChI=1S/C15H29OS/c1-2-3-4-5-6-7-8-9-10-11-12-13-14-15-17-16/h10-11H,2-9,12-15H2,1H3/q+1. The second kappa shape index (κ2) is 15.8. The number of rotatable bonds is 13. The van der Waals surface area contributed by atoms with Gasteiger partial charge >= 0.3 is 11.7 Å². The molecular formula is C15H29OS+. The van der Waals surface area contributed by atoms with Crippen molar-refractivity contribution < 1.29 is 4.21 Å². The Morgan fingerprint density at radius 2 is 1.29 bits per heavy atom. The Kier molecular flexibility index (Phi) is 15.5. The lowest BCUT2D eigenvalue weighted by Gasteiger charge is -1.98. The highest BCUT2D eigenvalue weighted by atomic mass is 32.1. The molecule has 0 radical (unpaired) electrons. The van der Waals surface area contributed by atoms with Crippen LogP contribution < -0.4 is 0 Å². The normalized spacial score (nSPS) is 11.1. The Bertz CT molecular complexity index is 178. The first-order chi connectivity index (χ1) is 8.41. The van der Waals surface area contributed by atoms with Crippen molar-refractivity contribution in [3.8, 4) is 0 Å². The topological polar surface area (TPSA) is 17.1 Å². The van der Waals surface area contributed by atoms with Gasteiger partial charge in [-0.2, -0.15) is 0 Å². The molecule has 0 unspecified atom stereocenters. The molecule has 1 nitrogen and oxygen atoms in total. The average Bonchev–Trinajstić information content (AvgIpc) is 2.35. The summed E-state index contributed by atoms with van der Waals surface area (Å²) in [6.45, 7) is 2.26. The van der Waals surface area contributed by atoms with Crippen LogP contribution in [0.25, 0.3) is 0 Å². The van der Waals surface area contributed by atoms with Crippen molar-refractivity contribution in [1.29, 1.82) is 0 Å². The molecule has 0 aromatic carbocycles. The van der Waals surface area contributed by atoms with Crippen molar-refractivity contribution in [2.75, 3.05) is 5.75 Å². The van der Waals surface area contributed by atoms with Crippen LogP contribution in [0.2, 0.25) is 0 Å². The molecule has 100 valence electrons. The van der Waals surface area contributed by atoms with E-state index in [4.69, 9.17) is 0 Å². The fourth-order valence-corrected chi connectivity index (χ4v) is 2.20. The first kappa shape index (κ1) is 16.8. The molecule has 0 amide bonds. The molecule has 0 aromatic heterocycles. The number of unbranched alkanes of at least 4 members (excludes halogenated alkanes) is 9. The highest BCUT2D eigenvalue weighted by molar-refractivity contribution is 7.65. The van der Waals surface area contributed by atoms with Crippen molar-refractivity contribution in [3.05, 3.63) is 12.2 Å². The molecule has 0 aliphatic carbocycles. The van der Waals surface area contributed by atoms with E-state index in [0.717, 1.165) is 18.6 Å². The summed E-state index contributed by atoms with van der Waals surface area (Å²) in [4.78, 5) is 0. The summed E-state index contributed by atoms with van der Waals surface area (Å²) >= 11 is 0.710. The highest BCUT2D eigenvalue weighted by Gasteiger charge is 1.95. The van der Waals surface area contributed by atoms with E-state index in [1.807, 2.05) is 0 Å². The fourth-order valence-electron chi connectivity index (χ4n) is 1.88. The molecule has 0 N–H and O–H groups in total. The molecular weight excluding hydrogens is 228 g/mol. The zero-order chi connectivity index (χ0) is 12.6. The minimum Gasteiger partial charge on any atom is -0.0885 e. The molecule has 0 rings (SSSR count). The zero-order valence-corrected chi connectivity index (χ0v) is 12.3. The third kappa shape index (κ3) is 15.8. The SMILES string of the molecule is CCCCCCCCCC=CCCCC[S+]=O. The largest absolute Gasteiger partial charge is 0.458 e. The molecule has 0 heterocycles. The Hall–Kier alpha value is -0.240.